The fraction of sp³-hybridized carbons (Fsp3) is 0.235. The molecule has 0 aliphatic rings. The molecule has 2 rings (SSSR count). The molecule has 0 bridgehead atoms. The van der Waals surface area contributed by atoms with Gasteiger partial charge >= 0.3 is 0 Å². The van der Waals surface area contributed by atoms with Crippen molar-refractivity contribution in [1.29, 1.82) is 5.26 Å². The van der Waals surface area contributed by atoms with Crippen LogP contribution >= 0.6 is 0 Å². The topological polar surface area (TPSA) is 54.3 Å². The van der Waals surface area contributed by atoms with Crippen molar-refractivity contribution < 1.29 is 9.47 Å². The summed E-state index contributed by atoms with van der Waals surface area (Å²) in [6.45, 7) is 1.22. The molecule has 0 atom stereocenters. The Morgan fingerprint density at radius 2 is 2.00 bits per heavy atom. The first-order valence-corrected chi connectivity index (χ1v) is 6.70. The van der Waals surface area contributed by atoms with Crippen molar-refractivity contribution in [1.82, 2.24) is 5.32 Å². The van der Waals surface area contributed by atoms with Gasteiger partial charge in [-0.3, -0.25) is 0 Å². The van der Waals surface area contributed by atoms with E-state index in [0.717, 1.165) is 17.9 Å². The van der Waals surface area contributed by atoms with Gasteiger partial charge in [0, 0.05) is 6.54 Å². The smallest absolute Gasteiger partial charge is 0.136 e. The molecule has 2 aromatic rings. The molecule has 0 heterocycles. The zero-order chi connectivity index (χ0) is 15.1. The summed E-state index contributed by atoms with van der Waals surface area (Å²) in [6, 6.07) is 15.5. The highest BCUT2D eigenvalue weighted by atomic mass is 16.5. The van der Waals surface area contributed by atoms with Gasteiger partial charge in [-0.25, -0.2) is 0 Å². The van der Waals surface area contributed by atoms with E-state index in [1.807, 2.05) is 37.4 Å². The Kier molecular flexibility index (Phi) is 5.19. The van der Waals surface area contributed by atoms with E-state index in [1.165, 1.54) is 5.56 Å². The fourth-order valence-electron chi connectivity index (χ4n) is 2.05. The van der Waals surface area contributed by atoms with Crippen LogP contribution in [0.2, 0.25) is 0 Å². The average Bonchev–Trinajstić information content (AvgIpc) is 2.53. The first-order valence-electron chi connectivity index (χ1n) is 6.70. The Morgan fingerprint density at radius 3 is 2.71 bits per heavy atom. The van der Waals surface area contributed by atoms with Crippen LogP contribution in [-0.2, 0) is 13.2 Å². The molecule has 4 heteroatoms. The maximum Gasteiger partial charge on any atom is 0.136 e. The van der Waals surface area contributed by atoms with Crippen LogP contribution < -0.4 is 14.8 Å². The summed E-state index contributed by atoms with van der Waals surface area (Å²) in [4.78, 5) is 0. The van der Waals surface area contributed by atoms with Crippen LogP contribution in [0.1, 0.15) is 16.7 Å². The van der Waals surface area contributed by atoms with Crippen LogP contribution in [0.4, 0.5) is 0 Å². The number of hydrogen-bond donors (Lipinski definition) is 1. The largest absolute Gasteiger partial charge is 0.495 e. The highest BCUT2D eigenvalue weighted by molar-refractivity contribution is 5.45. The van der Waals surface area contributed by atoms with Crippen molar-refractivity contribution >= 4 is 0 Å². The highest BCUT2D eigenvalue weighted by Gasteiger charge is 2.04. The molecular weight excluding hydrogens is 264 g/mol. The molecule has 21 heavy (non-hydrogen) atoms. The van der Waals surface area contributed by atoms with Crippen LogP contribution in [0, 0.1) is 11.3 Å². The van der Waals surface area contributed by atoms with Gasteiger partial charge in [0.25, 0.3) is 0 Å². The summed E-state index contributed by atoms with van der Waals surface area (Å²) in [5.41, 5.74) is 2.62. The highest BCUT2D eigenvalue weighted by Crippen LogP contribution is 2.20. The molecule has 0 aliphatic carbocycles. The van der Waals surface area contributed by atoms with Gasteiger partial charge in [0.05, 0.1) is 12.7 Å². The molecule has 0 aromatic heterocycles. The first-order chi connectivity index (χ1) is 10.3. The molecule has 2 aromatic carbocycles. The Bertz CT molecular complexity index is 647. The molecule has 4 nitrogen and oxygen atoms in total. The second-order valence-electron chi connectivity index (χ2n) is 4.61. The minimum Gasteiger partial charge on any atom is -0.495 e. The number of nitrogens with one attached hydrogen (secondary N) is 1. The van der Waals surface area contributed by atoms with Gasteiger partial charge in [-0.2, -0.15) is 5.26 Å². The SMILES string of the molecule is CNCc1cccc(OCc2ccc(OC)c(C#N)c2)c1. The quantitative estimate of drug-likeness (QED) is 0.885. The van der Waals surface area contributed by atoms with E-state index < -0.39 is 0 Å². The number of hydrogen-bond acceptors (Lipinski definition) is 4. The number of nitrogens with zero attached hydrogens (tertiary/aromatic N) is 1. The lowest BCUT2D eigenvalue weighted by Gasteiger charge is -2.09. The molecular formula is C17H18N2O2. The fourth-order valence-corrected chi connectivity index (χ4v) is 2.05. The number of ether oxygens (including phenoxy) is 2. The van der Waals surface area contributed by atoms with E-state index in [0.29, 0.717) is 17.9 Å². The zero-order valence-corrected chi connectivity index (χ0v) is 12.2. The molecule has 0 saturated heterocycles. The van der Waals surface area contributed by atoms with E-state index in [1.54, 1.807) is 19.2 Å². The predicted molar refractivity (Wildman–Crippen MR) is 81.2 cm³/mol. The van der Waals surface area contributed by atoms with Crippen LogP contribution in [0.25, 0.3) is 0 Å². The zero-order valence-electron chi connectivity index (χ0n) is 12.2. The third-order valence-corrected chi connectivity index (χ3v) is 3.07. The van der Waals surface area contributed by atoms with Gasteiger partial charge in [0.15, 0.2) is 0 Å². The number of methoxy groups -OCH3 is 1. The average molecular weight is 282 g/mol. The monoisotopic (exact) mass is 282 g/mol. The van der Waals surface area contributed by atoms with E-state index in [2.05, 4.69) is 11.4 Å². The molecule has 1 N–H and O–H groups in total. The van der Waals surface area contributed by atoms with Crippen molar-refractivity contribution in [3.05, 3.63) is 59.2 Å². The third-order valence-electron chi connectivity index (χ3n) is 3.07. The lowest BCUT2D eigenvalue weighted by molar-refractivity contribution is 0.305. The molecule has 0 spiro atoms. The molecule has 0 saturated carbocycles. The van der Waals surface area contributed by atoms with Gasteiger partial charge in [-0.05, 0) is 42.4 Å². The summed E-state index contributed by atoms with van der Waals surface area (Å²) in [5, 5.41) is 12.2. The van der Waals surface area contributed by atoms with Crippen LogP contribution in [-0.4, -0.2) is 14.2 Å². The number of nitriles is 1. The number of benzene rings is 2. The van der Waals surface area contributed by atoms with E-state index >= 15 is 0 Å². The lowest BCUT2D eigenvalue weighted by Crippen LogP contribution is -2.05. The Labute approximate surface area is 124 Å². The van der Waals surface area contributed by atoms with E-state index in [-0.39, 0.29) is 0 Å². The summed E-state index contributed by atoms with van der Waals surface area (Å²) in [7, 11) is 3.47. The normalized spacial score (nSPS) is 9.95. The summed E-state index contributed by atoms with van der Waals surface area (Å²) in [5.74, 6) is 1.40. The predicted octanol–water partition coefficient (Wildman–Crippen LogP) is 2.87. The van der Waals surface area contributed by atoms with E-state index in [9.17, 15) is 0 Å². The molecule has 0 radical (unpaired) electrons. The minimum absolute atomic E-state index is 0.418. The first kappa shape index (κ1) is 14.9. The Morgan fingerprint density at radius 1 is 1.14 bits per heavy atom. The maximum absolute atomic E-state index is 9.08. The van der Waals surface area contributed by atoms with Crippen molar-refractivity contribution in [3.63, 3.8) is 0 Å². The molecule has 0 fully saturated rings. The van der Waals surface area contributed by atoms with Crippen molar-refractivity contribution in [3.8, 4) is 17.6 Å². The van der Waals surface area contributed by atoms with E-state index in [4.69, 9.17) is 14.7 Å². The van der Waals surface area contributed by atoms with Crippen LogP contribution in [0.15, 0.2) is 42.5 Å². The maximum atomic E-state index is 9.08. The molecule has 0 amide bonds. The molecule has 108 valence electrons. The van der Waals surface area contributed by atoms with Crippen molar-refractivity contribution in [2.24, 2.45) is 0 Å². The van der Waals surface area contributed by atoms with Crippen LogP contribution in [0.3, 0.4) is 0 Å². The Hall–Kier alpha value is -2.51. The summed E-state index contributed by atoms with van der Waals surface area (Å²) >= 11 is 0. The molecule has 0 unspecified atom stereocenters. The van der Waals surface area contributed by atoms with Crippen molar-refractivity contribution in [2.75, 3.05) is 14.2 Å². The second-order valence-corrected chi connectivity index (χ2v) is 4.61. The van der Waals surface area contributed by atoms with Gasteiger partial charge in [-0.1, -0.05) is 18.2 Å². The number of rotatable bonds is 6. The van der Waals surface area contributed by atoms with Gasteiger partial charge in [0.2, 0.25) is 0 Å². The summed E-state index contributed by atoms with van der Waals surface area (Å²) < 4.78 is 10.9. The minimum atomic E-state index is 0.418. The summed E-state index contributed by atoms with van der Waals surface area (Å²) in [6.07, 6.45) is 0. The standard InChI is InChI=1S/C17H18N2O2/c1-19-11-13-4-3-5-16(9-13)21-12-14-6-7-17(20-2)15(8-14)10-18/h3-9,19H,11-12H2,1-2H3. The van der Waals surface area contributed by atoms with Crippen LogP contribution in [0.5, 0.6) is 11.5 Å². The van der Waals surface area contributed by atoms with Gasteiger partial charge < -0.3 is 14.8 Å². The lowest BCUT2D eigenvalue weighted by atomic mass is 10.1. The third kappa shape index (κ3) is 3.98. The van der Waals surface area contributed by atoms with Gasteiger partial charge in [0.1, 0.15) is 24.2 Å². The van der Waals surface area contributed by atoms with Crippen molar-refractivity contribution in [2.45, 2.75) is 13.2 Å². The Balaban J connectivity index is 2.06. The molecule has 0 aliphatic heterocycles. The second kappa shape index (κ2) is 7.32. The van der Waals surface area contributed by atoms with Gasteiger partial charge in [-0.15, -0.1) is 0 Å².